The second-order valence-electron chi connectivity index (χ2n) is 5.60. The number of hydrogen-bond acceptors (Lipinski definition) is 5. The molecular formula is C19H22N4O3. The summed E-state index contributed by atoms with van der Waals surface area (Å²) in [5.74, 6) is -0.950. The average Bonchev–Trinajstić information content (AvgIpc) is 2.64. The van der Waals surface area contributed by atoms with Gasteiger partial charge in [0.05, 0.1) is 12.8 Å². The van der Waals surface area contributed by atoms with Crippen LogP contribution >= 0.6 is 0 Å². The number of ether oxygens (including phenoxy) is 1. The van der Waals surface area contributed by atoms with Gasteiger partial charge in [-0.3, -0.25) is 9.59 Å². The Kier molecular flexibility index (Phi) is 6.73. The normalized spacial score (nSPS) is 10.4. The van der Waals surface area contributed by atoms with Crippen LogP contribution in [-0.2, 0) is 9.59 Å². The van der Waals surface area contributed by atoms with Crippen LogP contribution in [0.5, 0.6) is 5.75 Å². The van der Waals surface area contributed by atoms with Gasteiger partial charge < -0.3 is 15.0 Å². The van der Waals surface area contributed by atoms with Gasteiger partial charge in [-0.15, -0.1) is 0 Å². The number of nitrogens with zero attached hydrogens (tertiary/aromatic N) is 2. The number of hydrogen-bond donors (Lipinski definition) is 2. The Labute approximate surface area is 152 Å². The Hall–Kier alpha value is -3.35. The second-order valence-corrected chi connectivity index (χ2v) is 5.60. The predicted molar refractivity (Wildman–Crippen MR) is 103 cm³/mol. The second kappa shape index (κ2) is 9.22. The minimum absolute atomic E-state index is 0.497. The molecule has 0 saturated heterocycles. The monoisotopic (exact) mass is 354 g/mol. The topological polar surface area (TPSA) is 83.0 Å². The molecule has 7 nitrogen and oxygen atoms in total. The van der Waals surface area contributed by atoms with E-state index in [1.54, 1.807) is 24.3 Å². The van der Waals surface area contributed by atoms with Crippen LogP contribution in [-0.4, -0.2) is 38.7 Å². The van der Waals surface area contributed by atoms with Crippen molar-refractivity contribution in [3.05, 3.63) is 54.1 Å². The fourth-order valence-corrected chi connectivity index (χ4v) is 2.06. The Morgan fingerprint density at radius 2 is 1.69 bits per heavy atom. The lowest BCUT2D eigenvalue weighted by Crippen LogP contribution is -2.32. The van der Waals surface area contributed by atoms with Gasteiger partial charge in [-0.1, -0.05) is 12.1 Å². The van der Waals surface area contributed by atoms with Crippen LogP contribution in [0.15, 0.2) is 53.6 Å². The van der Waals surface area contributed by atoms with Crippen LogP contribution in [0.3, 0.4) is 0 Å². The highest BCUT2D eigenvalue weighted by Gasteiger charge is 2.12. The summed E-state index contributed by atoms with van der Waals surface area (Å²) in [6.07, 6.45) is 1.47. The molecule has 0 spiro atoms. The van der Waals surface area contributed by atoms with Crippen molar-refractivity contribution in [2.75, 3.05) is 30.9 Å². The summed E-state index contributed by atoms with van der Waals surface area (Å²) in [6.45, 7) is 2.45. The van der Waals surface area contributed by atoms with E-state index < -0.39 is 11.8 Å². The summed E-state index contributed by atoms with van der Waals surface area (Å²) in [7, 11) is 3.90. The molecule has 0 fully saturated rings. The summed E-state index contributed by atoms with van der Waals surface area (Å²) < 4.78 is 5.32. The van der Waals surface area contributed by atoms with Crippen molar-refractivity contribution in [3.8, 4) is 5.75 Å². The van der Waals surface area contributed by atoms with Gasteiger partial charge >= 0.3 is 11.8 Å². The Morgan fingerprint density at radius 3 is 2.27 bits per heavy atom. The SMILES string of the molecule is CCOc1ccc(NC(=O)C(=O)NN=Cc2ccc(N(C)C)cc2)cc1. The summed E-state index contributed by atoms with van der Waals surface area (Å²) in [6, 6.07) is 14.3. The van der Waals surface area contributed by atoms with Gasteiger partial charge in [-0.05, 0) is 48.9 Å². The maximum atomic E-state index is 11.9. The van der Waals surface area contributed by atoms with E-state index in [2.05, 4.69) is 15.8 Å². The maximum Gasteiger partial charge on any atom is 0.329 e. The zero-order valence-corrected chi connectivity index (χ0v) is 15.0. The summed E-state index contributed by atoms with van der Waals surface area (Å²) in [5.41, 5.74) is 4.57. The van der Waals surface area contributed by atoms with Gasteiger partial charge in [0.2, 0.25) is 0 Å². The van der Waals surface area contributed by atoms with Crippen molar-refractivity contribution >= 4 is 29.4 Å². The molecule has 2 aromatic rings. The van der Waals surface area contributed by atoms with E-state index in [1.165, 1.54) is 6.21 Å². The number of nitrogens with one attached hydrogen (secondary N) is 2. The molecule has 0 aromatic heterocycles. The van der Waals surface area contributed by atoms with Gasteiger partial charge in [0, 0.05) is 25.5 Å². The molecule has 0 atom stereocenters. The fraction of sp³-hybridized carbons (Fsp3) is 0.211. The zero-order valence-electron chi connectivity index (χ0n) is 15.0. The molecule has 26 heavy (non-hydrogen) atoms. The summed E-state index contributed by atoms with van der Waals surface area (Å²) in [5, 5.41) is 6.29. The molecule has 0 aliphatic carbocycles. The number of carbonyl (C=O) groups is 2. The Bertz CT molecular complexity index is 768. The van der Waals surface area contributed by atoms with Crippen molar-refractivity contribution in [1.29, 1.82) is 0 Å². The van der Waals surface area contributed by atoms with Crippen molar-refractivity contribution < 1.29 is 14.3 Å². The number of carbonyl (C=O) groups excluding carboxylic acids is 2. The molecule has 2 aromatic carbocycles. The molecule has 7 heteroatoms. The van der Waals surface area contributed by atoms with Crippen molar-refractivity contribution in [3.63, 3.8) is 0 Å². The molecule has 0 saturated carbocycles. The number of benzene rings is 2. The maximum absolute atomic E-state index is 11.9. The van der Waals surface area contributed by atoms with Crippen molar-refractivity contribution in [2.45, 2.75) is 6.92 Å². The van der Waals surface area contributed by atoms with E-state index in [0.29, 0.717) is 18.0 Å². The third-order valence-electron chi connectivity index (χ3n) is 3.42. The van der Waals surface area contributed by atoms with Gasteiger partial charge in [0.1, 0.15) is 5.75 Å². The lowest BCUT2D eigenvalue weighted by Gasteiger charge is -2.11. The van der Waals surface area contributed by atoms with Crippen molar-refractivity contribution in [2.24, 2.45) is 5.10 Å². The number of hydrazone groups is 1. The molecule has 0 unspecified atom stereocenters. The quantitative estimate of drug-likeness (QED) is 0.473. The van der Waals surface area contributed by atoms with E-state index in [9.17, 15) is 9.59 Å². The minimum Gasteiger partial charge on any atom is -0.494 e. The van der Waals surface area contributed by atoms with E-state index in [-0.39, 0.29) is 0 Å². The lowest BCUT2D eigenvalue weighted by atomic mass is 10.2. The highest BCUT2D eigenvalue weighted by Crippen LogP contribution is 2.15. The fourth-order valence-electron chi connectivity index (χ4n) is 2.06. The van der Waals surface area contributed by atoms with E-state index in [0.717, 1.165) is 11.3 Å². The molecular weight excluding hydrogens is 332 g/mol. The van der Waals surface area contributed by atoms with Crippen LogP contribution in [0, 0.1) is 0 Å². The average molecular weight is 354 g/mol. The number of rotatable bonds is 6. The van der Waals surface area contributed by atoms with Gasteiger partial charge in [0.25, 0.3) is 0 Å². The molecule has 0 heterocycles. The minimum atomic E-state index is -0.847. The molecule has 0 aliphatic rings. The van der Waals surface area contributed by atoms with Crippen molar-refractivity contribution in [1.82, 2.24) is 5.43 Å². The van der Waals surface area contributed by atoms with Crippen LogP contribution in [0.2, 0.25) is 0 Å². The van der Waals surface area contributed by atoms with Crippen LogP contribution in [0.1, 0.15) is 12.5 Å². The molecule has 0 aliphatic heterocycles. The summed E-state index contributed by atoms with van der Waals surface area (Å²) >= 11 is 0. The van der Waals surface area contributed by atoms with Crippen LogP contribution < -0.4 is 20.4 Å². The van der Waals surface area contributed by atoms with Crippen LogP contribution in [0.25, 0.3) is 0 Å². The summed E-state index contributed by atoms with van der Waals surface area (Å²) in [4.78, 5) is 25.6. The van der Waals surface area contributed by atoms with Gasteiger partial charge in [-0.2, -0.15) is 5.10 Å². The standard InChI is InChI=1S/C19H22N4O3/c1-4-26-17-11-7-15(8-12-17)21-18(24)19(25)22-20-13-14-5-9-16(10-6-14)23(2)3/h5-13H,4H2,1-3H3,(H,21,24)(H,22,25). The first kappa shape index (κ1) is 19.0. The van der Waals surface area contributed by atoms with Crippen LogP contribution in [0.4, 0.5) is 11.4 Å². The number of amides is 2. The predicted octanol–water partition coefficient (Wildman–Crippen LogP) is 2.24. The Morgan fingerprint density at radius 1 is 1.04 bits per heavy atom. The van der Waals surface area contributed by atoms with E-state index >= 15 is 0 Å². The molecule has 0 radical (unpaired) electrons. The zero-order chi connectivity index (χ0) is 18.9. The largest absolute Gasteiger partial charge is 0.494 e. The molecule has 136 valence electrons. The highest BCUT2D eigenvalue weighted by atomic mass is 16.5. The highest BCUT2D eigenvalue weighted by molar-refractivity contribution is 6.39. The third-order valence-corrected chi connectivity index (χ3v) is 3.42. The first-order valence-electron chi connectivity index (χ1n) is 8.14. The first-order valence-corrected chi connectivity index (χ1v) is 8.14. The van der Waals surface area contributed by atoms with E-state index in [1.807, 2.05) is 50.2 Å². The molecule has 0 bridgehead atoms. The molecule has 2 amide bonds. The molecule has 2 N–H and O–H groups in total. The van der Waals surface area contributed by atoms with Gasteiger partial charge in [-0.25, -0.2) is 5.43 Å². The lowest BCUT2D eigenvalue weighted by molar-refractivity contribution is -0.136. The first-order chi connectivity index (χ1) is 12.5. The van der Waals surface area contributed by atoms with E-state index in [4.69, 9.17) is 4.74 Å². The molecule has 2 rings (SSSR count). The smallest absolute Gasteiger partial charge is 0.329 e. The van der Waals surface area contributed by atoms with Gasteiger partial charge in [0.15, 0.2) is 0 Å². The number of anilines is 2. The third kappa shape index (κ3) is 5.62. The Balaban J connectivity index is 1.85.